The van der Waals surface area contributed by atoms with E-state index in [4.69, 9.17) is 0 Å². The minimum absolute atomic E-state index is 0.166. The van der Waals surface area contributed by atoms with Crippen molar-refractivity contribution in [3.63, 3.8) is 0 Å². The van der Waals surface area contributed by atoms with E-state index < -0.39 is 0 Å². The van der Waals surface area contributed by atoms with Gasteiger partial charge in [-0.25, -0.2) is 14.4 Å². The molecule has 0 saturated carbocycles. The van der Waals surface area contributed by atoms with Gasteiger partial charge in [0.25, 0.3) is 0 Å². The normalized spacial score (nSPS) is 14.5. The lowest BCUT2D eigenvalue weighted by atomic mass is 10.2. The summed E-state index contributed by atoms with van der Waals surface area (Å²) in [5, 5.41) is 3.20. The highest BCUT2D eigenvalue weighted by Crippen LogP contribution is 2.26. The molecule has 0 atom stereocenters. The van der Waals surface area contributed by atoms with Crippen LogP contribution in [-0.4, -0.2) is 23.1 Å². The van der Waals surface area contributed by atoms with Crippen LogP contribution in [0.4, 0.5) is 15.8 Å². The Hall–Kier alpha value is -2.17. The first kappa shape index (κ1) is 13.8. The molecule has 0 bridgehead atoms. The molecule has 1 aromatic heterocycles. The number of nitrogens with one attached hydrogen (secondary N) is 1. The van der Waals surface area contributed by atoms with Gasteiger partial charge in [-0.2, -0.15) is 0 Å². The number of anilines is 2. The molecule has 3 rings (SSSR count). The van der Waals surface area contributed by atoms with Crippen LogP contribution < -0.4 is 10.2 Å². The zero-order valence-corrected chi connectivity index (χ0v) is 12.1. The van der Waals surface area contributed by atoms with Gasteiger partial charge in [-0.1, -0.05) is 0 Å². The minimum atomic E-state index is -0.166. The molecule has 1 aromatic carbocycles. The van der Waals surface area contributed by atoms with Crippen molar-refractivity contribution in [1.82, 2.24) is 9.97 Å². The van der Waals surface area contributed by atoms with Crippen molar-refractivity contribution in [2.75, 3.05) is 23.3 Å². The second-order valence-corrected chi connectivity index (χ2v) is 5.31. The average Bonchev–Trinajstić information content (AvgIpc) is 2.99. The third kappa shape index (κ3) is 3.29. The van der Waals surface area contributed by atoms with E-state index in [0.29, 0.717) is 12.2 Å². The van der Waals surface area contributed by atoms with Gasteiger partial charge in [0.05, 0.1) is 17.9 Å². The van der Waals surface area contributed by atoms with Crippen molar-refractivity contribution >= 4 is 11.4 Å². The summed E-state index contributed by atoms with van der Waals surface area (Å²) in [6.07, 6.45) is 4.02. The van der Waals surface area contributed by atoms with E-state index in [9.17, 15) is 4.39 Å². The summed E-state index contributed by atoms with van der Waals surface area (Å²) in [6.45, 7) is 4.31. The van der Waals surface area contributed by atoms with E-state index in [1.807, 2.05) is 25.1 Å². The van der Waals surface area contributed by atoms with Gasteiger partial charge in [-0.05, 0) is 44.0 Å². The molecule has 2 aromatic rings. The zero-order chi connectivity index (χ0) is 14.7. The SMILES string of the molecule is Cc1nccc(CNc2ccc(N3CCCC3)c(F)c2)n1. The smallest absolute Gasteiger partial charge is 0.148 e. The molecule has 0 amide bonds. The van der Waals surface area contributed by atoms with E-state index in [2.05, 4.69) is 20.2 Å². The van der Waals surface area contributed by atoms with Gasteiger partial charge in [-0.15, -0.1) is 0 Å². The summed E-state index contributed by atoms with van der Waals surface area (Å²) in [5.74, 6) is 0.575. The second-order valence-electron chi connectivity index (χ2n) is 5.31. The number of nitrogens with zero attached hydrogens (tertiary/aromatic N) is 3. The first-order valence-corrected chi connectivity index (χ1v) is 7.29. The lowest BCUT2D eigenvalue weighted by Crippen LogP contribution is -2.19. The highest BCUT2D eigenvalue weighted by atomic mass is 19.1. The van der Waals surface area contributed by atoms with Gasteiger partial charge in [0, 0.05) is 25.0 Å². The highest BCUT2D eigenvalue weighted by Gasteiger charge is 2.16. The Morgan fingerprint density at radius 3 is 2.76 bits per heavy atom. The van der Waals surface area contributed by atoms with E-state index in [0.717, 1.165) is 43.1 Å². The Kier molecular flexibility index (Phi) is 3.99. The first-order valence-electron chi connectivity index (χ1n) is 7.29. The van der Waals surface area contributed by atoms with Crippen molar-refractivity contribution in [3.8, 4) is 0 Å². The van der Waals surface area contributed by atoms with Gasteiger partial charge < -0.3 is 10.2 Å². The van der Waals surface area contributed by atoms with Crippen LogP contribution in [0.3, 0.4) is 0 Å². The quantitative estimate of drug-likeness (QED) is 0.937. The summed E-state index contributed by atoms with van der Waals surface area (Å²) in [4.78, 5) is 10.5. The predicted molar refractivity (Wildman–Crippen MR) is 81.9 cm³/mol. The molecule has 0 radical (unpaired) electrons. The topological polar surface area (TPSA) is 41.1 Å². The summed E-state index contributed by atoms with van der Waals surface area (Å²) >= 11 is 0. The summed E-state index contributed by atoms with van der Waals surface area (Å²) in [7, 11) is 0. The standard InChI is InChI=1S/C16H19FN4/c1-12-18-7-6-14(20-12)11-19-13-4-5-16(15(17)10-13)21-8-2-3-9-21/h4-7,10,19H,2-3,8-9,11H2,1H3. The van der Waals surface area contributed by atoms with Crippen LogP contribution in [0.1, 0.15) is 24.4 Å². The molecule has 1 saturated heterocycles. The zero-order valence-electron chi connectivity index (χ0n) is 12.1. The molecule has 5 heteroatoms. The van der Waals surface area contributed by atoms with Crippen LogP contribution in [0.5, 0.6) is 0 Å². The van der Waals surface area contributed by atoms with Crippen molar-refractivity contribution < 1.29 is 4.39 Å². The number of halogens is 1. The fourth-order valence-corrected chi connectivity index (χ4v) is 2.63. The van der Waals surface area contributed by atoms with Crippen LogP contribution in [0.15, 0.2) is 30.5 Å². The number of hydrogen-bond donors (Lipinski definition) is 1. The highest BCUT2D eigenvalue weighted by molar-refractivity contribution is 5.56. The lowest BCUT2D eigenvalue weighted by molar-refractivity contribution is 0.623. The monoisotopic (exact) mass is 286 g/mol. The maximum atomic E-state index is 14.2. The van der Waals surface area contributed by atoms with E-state index in [-0.39, 0.29) is 5.82 Å². The van der Waals surface area contributed by atoms with Crippen molar-refractivity contribution in [2.24, 2.45) is 0 Å². The van der Waals surface area contributed by atoms with Crippen molar-refractivity contribution in [2.45, 2.75) is 26.3 Å². The van der Waals surface area contributed by atoms with E-state index in [1.54, 1.807) is 12.3 Å². The number of aryl methyl sites for hydroxylation is 1. The molecule has 1 N–H and O–H groups in total. The molecular weight excluding hydrogens is 267 g/mol. The Labute approximate surface area is 124 Å². The molecule has 21 heavy (non-hydrogen) atoms. The molecule has 4 nitrogen and oxygen atoms in total. The van der Waals surface area contributed by atoms with Gasteiger partial charge >= 0.3 is 0 Å². The predicted octanol–water partition coefficient (Wildman–Crippen LogP) is 3.14. The Bertz CT molecular complexity index is 623. The van der Waals surface area contributed by atoms with Crippen molar-refractivity contribution in [3.05, 3.63) is 47.8 Å². The van der Waals surface area contributed by atoms with E-state index in [1.165, 1.54) is 0 Å². The Morgan fingerprint density at radius 2 is 2.05 bits per heavy atom. The molecule has 2 heterocycles. The van der Waals surface area contributed by atoms with Crippen LogP contribution in [-0.2, 0) is 6.54 Å². The first-order chi connectivity index (χ1) is 10.2. The molecular formula is C16H19FN4. The van der Waals surface area contributed by atoms with Crippen LogP contribution in [0.2, 0.25) is 0 Å². The Balaban J connectivity index is 1.67. The number of hydrogen-bond acceptors (Lipinski definition) is 4. The fourth-order valence-electron chi connectivity index (χ4n) is 2.63. The van der Waals surface area contributed by atoms with Gasteiger partial charge in [0.15, 0.2) is 0 Å². The largest absolute Gasteiger partial charge is 0.379 e. The van der Waals surface area contributed by atoms with Gasteiger partial charge in [-0.3, -0.25) is 0 Å². The maximum Gasteiger partial charge on any atom is 0.148 e. The third-order valence-corrected chi connectivity index (χ3v) is 3.70. The van der Waals surface area contributed by atoms with Crippen LogP contribution in [0.25, 0.3) is 0 Å². The molecule has 1 fully saturated rings. The van der Waals surface area contributed by atoms with Crippen LogP contribution >= 0.6 is 0 Å². The second kappa shape index (κ2) is 6.08. The summed E-state index contributed by atoms with van der Waals surface area (Å²) in [5.41, 5.74) is 2.37. The van der Waals surface area contributed by atoms with Crippen LogP contribution in [0, 0.1) is 12.7 Å². The number of rotatable bonds is 4. The Morgan fingerprint density at radius 1 is 1.24 bits per heavy atom. The summed E-state index contributed by atoms with van der Waals surface area (Å²) in [6, 6.07) is 7.19. The van der Waals surface area contributed by atoms with Crippen molar-refractivity contribution in [1.29, 1.82) is 0 Å². The van der Waals surface area contributed by atoms with Gasteiger partial charge in [0.2, 0.25) is 0 Å². The molecule has 110 valence electrons. The number of benzene rings is 1. The average molecular weight is 286 g/mol. The lowest BCUT2D eigenvalue weighted by Gasteiger charge is -2.19. The maximum absolute atomic E-state index is 14.2. The molecule has 1 aliphatic heterocycles. The minimum Gasteiger partial charge on any atom is -0.379 e. The summed E-state index contributed by atoms with van der Waals surface area (Å²) < 4.78 is 14.2. The number of aromatic nitrogens is 2. The molecule has 0 unspecified atom stereocenters. The third-order valence-electron chi connectivity index (χ3n) is 3.70. The van der Waals surface area contributed by atoms with E-state index >= 15 is 0 Å². The molecule has 0 aliphatic carbocycles. The molecule has 0 spiro atoms. The fraction of sp³-hybridized carbons (Fsp3) is 0.375. The van der Waals surface area contributed by atoms with Gasteiger partial charge in [0.1, 0.15) is 11.6 Å². The molecule has 1 aliphatic rings.